The van der Waals surface area contributed by atoms with Crippen LogP contribution in [0.3, 0.4) is 0 Å². The number of rotatable bonds is 9. The van der Waals surface area contributed by atoms with Crippen molar-refractivity contribution >= 4 is 5.91 Å². The Morgan fingerprint density at radius 1 is 1.32 bits per heavy atom. The van der Waals surface area contributed by atoms with Gasteiger partial charge in [-0.1, -0.05) is 49.4 Å². The number of nitrogens with zero attached hydrogens (tertiary/aromatic N) is 3. The Morgan fingerprint density at radius 2 is 2.04 bits per heavy atom. The third-order valence-electron chi connectivity index (χ3n) is 4.26. The van der Waals surface area contributed by atoms with Gasteiger partial charge in [0.2, 0.25) is 5.91 Å². The lowest BCUT2D eigenvalue weighted by molar-refractivity contribution is -0.127. The summed E-state index contributed by atoms with van der Waals surface area (Å²) in [5, 5.41) is 26.6. The topological polar surface area (TPSA) is 130 Å². The lowest BCUT2D eigenvalue weighted by Gasteiger charge is -2.26. The van der Waals surface area contributed by atoms with Crippen LogP contribution in [0.2, 0.25) is 0 Å². The van der Waals surface area contributed by atoms with Crippen LogP contribution in [0.25, 0.3) is 0 Å². The van der Waals surface area contributed by atoms with E-state index in [1.165, 1.54) is 0 Å². The molecule has 25 heavy (non-hydrogen) atoms. The highest BCUT2D eigenvalue weighted by molar-refractivity contribution is 5.78. The van der Waals surface area contributed by atoms with Gasteiger partial charge in [0, 0.05) is 12.0 Å². The number of hydrogen-bond donors (Lipinski definition) is 4. The molecule has 0 radical (unpaired) electrons. The average molecular weight is 346 g/mol. The van der Waals surface area contributed by atoms with Crippen molar-refractivity contribution < 1.29 is 9.90 Å². The molecule has 1 amide bonds. The van der Waals surface area contributed by atoms with Gasteiger partial charge in [0.15, 0.2) is 5.82 Å². The summed E-state index contributed by atoms with van der Waals surface area (Å²) in [5.74, 6) is -0.00416. The summed E-state index contributed by atoms with van der Waals surface area (Å²) in [4.78, 5) is 12.4. The summed E-state index contributed by atoms with van der Waals surface area (Å²) < 4.78 is 0. The number of nitrogens with one attached hydrogen (secondary N) is 2. The van der Waals surface area contributed by atoms with E-state index >= 15 is 0 Å². The third-order valence-corrected chi connectivity index (χ3v) is 4.26. The molecule has 0 saturated carbocycles. The van der Waals surface area contributed by atoms with Gasteiger partial charge in [-0.05, 0) is 24.3 Å². The van der Waals surface area contributed by atoms with E-state index in [1.54, 1.807) is 0 Å². The molecule has 2 aromatic rings. The Bertz CT molecular complexity index is 632. The quantitative estimate of drug-likeness (QED) is 0.520. The van der Waals surface area contributed by atoms with Gasteiger partial charge in [0.1, 0.15) is 0 Å². The molecule has 136 valence electrons. The number of aliphatic hydroxyl groups is 1. The molecule has 0 spiro atoms. The van der Waals surface area contributed by atoms with Gasteiger partial charge in [0.05, 0.1) is 12.6 Å². The number of nitrogens with two attached hydrogens (primary N) is 1. The molecule has 0 aliphatic heterocycles. The summed E-state index contributed by atoms with van der Waals surface area (Å²) in [6, 6.07) is 9.35. The molecule has 8 nitrogen and oxygen atoms in total. The molecule has 3 atom stereocenters. The molecular weight excluding hydrogens is 320 g/mol. The van der Waals surface area contributed by atoms with Crippen molar-refractivity contribution in [1.29, 1.82) is 0 Å². The van der Waals surface area contributed by atoms with Crippen molar-refractivity contribution in [2.24, 2.45) is 17.6 Å². The molecule has 1 aromatic heterocycles. The molecule has 2 rings (SSSR count). The van der Waals surface area contributed by atoms with E-state index < -0.39 is 12.1 Å². The van der Waals surface area contributed by atoms with Crippen LogP contribution in [0.15, 0.2) is 30.3 Å². The van der Waals surface area contributed by atoms with Gasteiger partial charge in [0.25, 0.3) is 0 Å². The highest BCUT2D eigenvalue weighted by Gasteiger charge is 2.28. The minimum atomic E-state index is -0.761. The number of carbonyl (C=O) groups is 1. The van der Waals surface area contributed by atoms with E-state index in [4.69, 9.17) is 5.73 Å². The van der Waals surface area contributed by atoms with Gasteiger partial charge >= 0.3 is 0 Å². The van der Waals surface area contributed by atoms with Crippen LogP contribution in [0.5, 0.6) is 0 Å². The van der Waals surface area contributed by atoms with Crippen LogP contribution < -0.4 is 11.1 Å². The maximum absolute atomic E-state index is 12.4. The zero-order chi connectivity index (χ0) is 18.2. The fourth-order valence-corrected chi connectivity index (χ4v) is 2.69. The first-order valence-electron chi connectivity index (χ1n) is 8.45. The number of carbonyl (C=O) groups excluding carboxylic acids is 1. The number of aromatic amines is 1. The molecule has 0 bridgehead atoms. The molecule has 0 saturated heterocycles. The van der Waals surface area contributed by atoms with E-state index in [2.05, 4.69) is 25.9 Å². The van der Waals surface area contributed by atoms with Crippen molar-refractivity contribution in [3.8, 4) is 0 Å². The number of amides is 1. The second-order valence-corrected chi connectivity index (χ2v) is 6.55. The highest BCUT2D eigenvalue weighted by Crippen LogP contribution is 2.20. The fraction of sp³-hybridized carbons (Fsp3) is 0.529. The maximum Gasteiger partial charge on any atom is 0.223 e. The van der Waals surface area contributed by atoms with E-state index in [0.717, 1.165) is 5.56 Å². The van der Waals surface area contributed by atoms with Crippen LogP contribution >= 0.6 is 0 Å². The highest BCUT2D eigenvalue weighted by atomic mass is 16.3. The first-order chi connectivity index (χ1) is 12.0. The molecule has 0 aliphatic carbocycles. The van der Waals surface area contributed by atoms with Gasteiger partial charge in [-0.3, -0.25) is 4.79 Å². The van der Waals surface area contributed by atoms with Crippen LogP contribution in [-0.2, 0) is 17.8 Å². The monoisotopic (exact) mass is 346 g/mol. The lowest BCUT2D eigenvalue weighted by Crippen LogP contribution is -2.42. The molecule has 8 heteroatoms. The van der Waals surface area contributed by atoms with Crippen molar-refractivity contribution in [3.63, 3.8) is 0 Å². The molecule has 5 N–H and O–H groups in total. The van der Waals surface area contributed by atoms with Crippen molar-refractivity contribution in [1.82, 2.24) is 25.9 Å². The third kappa shape index (κ3) is 5.91. The molecule has 0 aliphatic rings. The Morgan fingerprint density at radius 3 is 2.64 bits per heavy atom. The smallest absolute Gasteiger partial charge is 0.223 e. The average Bonchev–Trinajstić information content (AvgIpc) is 3.11. The first-order valence-corrected chi connectivity index (χ1v) is 8.45. The second kappa shape index (κ2) is 9.24. The van der Waals surface area contributed by atoms with Gasteiger partial charge in [-0.15, -0.1) is 10.2 Å². The van der Waals surface area contributed by atoms with Gasteiger partial charge in [-0.25, -0.2) is 0 Å². The number of benzene rings is 1. The van der Waals surface area contributed by atoms with Gasteiger partial charge in [-0.2, -0.15) is 5.21 Å². The molecule has 0 fully saturated rings. The molecular formula is C17H26N6O2. The normalized spacial score (nSPS) is 14.9. The predicted molar refractivity (Wildman–Crippen MR) is 93.1 cm³/mol. The summed E-state index contributed by atoms with van der Waals surface area (Å²) >= 11 is 0. The minimum Gasteiger partial charge on any atom is -0.391 e. The zero-order valence-corrected chi connectivity index (χ0v) is 14.6. The Hall–Kier alpha value is -2.32. The zero-order valence-electron chi connectivity index (χ0n) is 14.6. The summed E-state index contributed by atoms with van der Waals surface area (Å²) in [6.45, 7) is 4.10. The molecule has 0 unspecified atom stereocenters. The van der Waals surface area contributed by atoms with Crippen LogP contribution in [0.1, 0.15) is 31.7 Å². The van der Waals surface area contributed by atoms with Crippen LogP contribution in [0, 0.1) is 11.8 Å². The summed E-state index contributed by atoms with van der Waals surface area (Å²) in [6.07, 6.45) is 0.115. The van der Waals surface area contributed by atoms with Crippen molar-refractivity contribution in [2.45, 2.75) is 45.4 Å². The summed E-state index contributed by atoms with van der Waals surface area (Å²) in [7, 11) is 0. The Kier molecular flexibility index (Phi) is 7.03. The number of aliphatic hydroxyl groups excluding tert-OH is 1. The number of hydrogen-bond acceptors (Lipinski definition) is 6. The van der Waals surface area contributed by atoms with E-state index in [-0.39, 0.29) is 24.3 Å². The SMILES string of the molecule is CC(C)[C@@H](C[C@H](O)[C@@H](N)Cc1ccccc1)C(=O)NCc1nn[nH]n1. The van der Waals surface area contributed by atoms with E-state index in [9.17, 15) is 9.90 Å². The van der Waals surface area contributed by atoms with Crippen LogP contribution in [0.4, 0.5) is 0 Å². The number of H-pyrrole nitrogens is 1. The van der Waals surface area contributed by atoms with Gasteiger partial charge < -0.3 is 16.2 Å². The molecule has 1 heterocycles. The number of aromatic nitrogens is 4. The van der Waals surface area contributed by atoms with E-state index in [0.29, 0.717) is 18.7 Å². The Labute approximate surface area is 147 Å². The first kappa shape index (κ1) is 19.0. The summed E-state index contributed by atoms with van der Waals surface area (Å²) in [5.41, 5.74) is 7.20. The standard InChI is InChI=1S/C17H26N6O2/c1-11(2)13(17(25)19-10-16-20-22-23-21-16)9-15(24)14(18)8-12-6-4-3-5-7-12/h3-7,11,13-15,24H,8-10,18H2,1-2H3,(H,19,25)(H,20,21,22,23)/t13-,14+,15+/m1/s1. The minimum absolute atomic E-state index is 0.0730. The van der Waals surface area contributed by atoms with Crippen molar-refractivity contribution in [3.05, 3.63) is 41.7 Å². The second-order valence-electron chi connectivity index (χ2n) is 6.55. The largest absolute Gasteiger partial charge is 0.391 e. The number of tetrazole rings is 1. The maximum atomic E-state index is 12.4. The van der Waals surface area contributed by atoms with E-state index in [1.807, 2.05) is 44.2 Å². The lowest BCUT2D eigenvalue weighted by atomic mass is 9.86. The predicted octanol–water partition coefficient (Wildman–Crippen LogP) is 0.409. The fourth-order valence-electron chi connectivity index (χ4n) is 2.69. The Balaban J connectivity index is 1.89. The molecule has 1 aromatic carbocycles. The van der Waals surface area contributed by atoms with Crippen LogP contribution in [-0.4, -0.2) is 43.8 Å². The van der Waals surface area contributed by atoms with Crippen molar-refractivity contribution in [2.75, 3.05) is 0 Å².